The largest absolute Gasteiger partial charge is 0.391 e. The van der Waals surface area contributed by atoms with Crippen LogP contribution in [0.1, 0.15) is 65.8 Å². The molecule has 0 bridgehead atoms. The number of nitrogens with two attached hydrogens (primary N) is 5. The molecule has 0 aliphatic carbocycles. The van der Waals surface area contributed by atoms with Gasteiger partial charge in [0.2, 0.25) is 23.8 Å². The summed E-state index contributed by atoms with van der Waals surface area (Å²) in [5, 5.41) is 100. The van der Waals surface area contributed by atoms with E-state index in [2.05, 4.69) is 94.4 Å². The number of halogens is 6. The minimum absolute atomic E-state index is 0.0221. The first kappa shape index (κ1) is 86.0. The van der Waals surface area contributed by atoms with Crippen LogP contribution in [0.3, 0.4) is 0 Å². The Morgan fingerprint density at radius 1 is 0.470 bits per heavy atom. The Morgan fingerprint density at radius 2 is 0.826 bits per heavy atom. The molecule has 115 heavy (non-hydrogen) atoms. The van der Waals surface area contributed by atoms with Crippen molar-refractivity contribution in [2.75, 3.05) is 28.7 Å². The summed E-state index contributed by atoms with van der Waals surface area (Å²) >= 11 is 37.0. The summed E-state index contributed by atoms with van der Waals surface area (Å²) in [6.45, 7) is 7.25. The molecule has 25 atom stereocenters. The Balaban J connectivity index is 0.000000142. The van der Waals surface area contributed by atoms with Crippen molar-refractivity contribution in [3.05, 3.63) is 85.2 Å². The highest BCUT2D eigenvalue weighted by Gasteiger charge is 2.62. The molecule has 5 saturated heterocycles. The summed E-state index contributed by atoms with van der Waals surface area (Å²) in [4.78, 5) is 73.1. The number of alkyl halides is 5. The van der Waals surface area contributed by atoms with Gasteiger partial charge < -0.3 is 113 Å². The van der Waals surface area contributed by atoms with Gasteiger partial charge in [-0.15, -0.1) is 32.1 Å². The third-order valence-electron chi connectivity index (χ3n) is 19.2. The lowest BCUT2D eigenvalue weighted by Crippen LogP contribution is -2.43. The second-order valence-electron chi connectivity index (χ2n) is 26.8. The van der Waals surface area contributed by atoms with Crippen molar-refractivity contribution in [1.82, 2.24) is 87.6 Å². The number of nitrogen functional groups attached to an aromatic ring is 5. The Labute approximate surface area is 675 Å². The molecular formula is C67H71Cl5FN23O18S. The van der Waals surface area contributed by atoms with Gasteiger partial charge in [0, 0.05) is 12.4 Å². The van der Waals surface area contributed by atoms with Crippen LogP contribution in [0.25, 0.3) is 55.6 Å². The van der Waals surface area contributed by atoms with E-state index < -0.39 is 170 Å². The molecule has 24 N–H and O–H groups in total. The molecule has 10 aromatic rings. The molecule has 10 aromatic heterocycles. The second kappa shape index (κ2) is 32.3. The van der Waals surface area contributed by atoms with E-state index in [0.717, 1.165) is 10.8 Å². The fourth-order valence-corrected chi connectivity index (χ4v) is 15.0. The Bertz CT molecular complexity index is 5530. The maximum Gasteiger partial charge on any atom is 0.280 e. The number of H-pyrrole nitrogens is 4. The molecule has 48 heteroatoms. The number of nitrogens with one attached hydrogen (secondary N) is 4. The van der Waals surface area contributed by atoms with Crippen molar-refractivity contribution in [1.29, 1.82) is 0 Å². The van der Waals surface area contributed by atoms with E-state index >= 15 is 0 Å². The van der Waals surface area contributed by atoms with Crippen LogP contribution in [-0.2, 0) is 23.7 Å². The average Bonchev–Trinajstić information content (AvgIpc) is 1.62. The van der Waals surface area contributed by atoms with E-state index in [9.17, 15) is 69.8 Å². The van der Waals surface area contributed by atoms with Crippen LogP contribution < -0.4 is 45.3 Å². The van der Waals surface area contributed by atoms with Crippen LogP contribution in [0.15, 0.2) is 58.0 Å². The van der Waals surface area contributed by atoms with E-state index in [4.69, 9.17) is 155 Å². The smallest absolute Gasteiger partial charge is 0.280 e. The van der Waals surface area contributed by atoms with Crippen LogP contribution >= 0.6 is 70.2 Å². The van der Waals surface area contributed by atoms with Crippen LogP contribution in [-0.4, -0.2) is 255 Å². The number of hydrogen-bond acceptors (Lipinski definition) is 33. The maximum atomic E-state index is 14.2. The Hall–Kier alpha value is -9.91. The predicted octanol–water partition coefficient (Wildman–Crippen LogP) is -1.82. The van der Waals surface area contributed by atoms with Crippen molar-refractivity contribution >= 4 is 156 Å². The number of rotatable bonds is 10. The number of aromatic amines is 4. The molecule has 5 fully saturated rings. The van der Waals surface area contributed by atoms with Gasteiger partial charge in [-0.05, 0) is 40.7 Å². The quantitative estimate of drug-likeness (QED) is 0.0407. The first-order chi connectivity index (χ1) is 54.0. The van der Waals surface area contributed by atoms with Crippen LogP contribution in [0, 0.1) is 72.2 Å². The molecule has 0 spiro atoms. The van der Waals surface area contributed by atoms with Crippen LogP contribution in [0.5, 0.6) is 0 Å². The Kier molecular flexibility index (Phi) is 24.1. The van der Waals surface area contributed by atoms with Crippen molar-refractivity contribution in [2.24, 2.45) is 0 Å². The van der Waals surface area contributed by atoms with Gasteiger partial charge in [-0.2, -0.15) is 19.9 Å². The standard InChI is InChI=1S/C14H14ClFN4O4.C14H15ClN4O4.C13H14ClN5O4.C13H14ClN5O3S.C13H14ClN5O3/c1-3-14(15)9(22)8(5(2)21)24-12(14)20-4-6(16)7-10(20)18-13(17)19-11(7)23;1-3-14(15)9(21)8(6(2)20)23-12(14)19-5-4-7-10(19)17-13(16)18-11(7)22;1-3-13(14)8(21)7(5(2)20)23-11(13)19-4-16-6-9(19)17-12(15)18-10(6)22;1-3-13(14)8(21)7(5(2)20)22-11(13)19-4-16-6-9(19)17-12(15)18-10(6)23;1-3-13(14)9(21)8(6(2)20)22-11(13)19-5-17-7-4-16-12(15)18-10(7)19/h1,4-5,8-9,12,21-22H,2H3,(H3,17,18,19,23);1,4-6,8-9,12,20-21H,2H3,(H3,16,17,18,22);1,4-5,7-8,11,20-21H,2H3,(H3,15,17,18,22);1,4-5,7-8,11,20-21H,2H3,(H3,15,17,18,23);1,4-6,8-9,11,20-21H,2H3,(H2,15,16,18)/t5-,8+,9-,12+,14?;6-,8+,9-,12+,14?;2*5-,7+,8-,11+,13?;6-,8+,9-,11+,13?/m00000/s1. The van der Waals surface area contributed by atoms with Gasteiger partial charge in [-0.1, -0.05) is 99.8 Å². The molecule has 5 aliphatic heterocycles. The number of nitrogens with zero attached hydrogens (tertiary/aromatic N) is 14. The third-order valence-corrected chi connectivity index (χ3v) is 22.1. The first-order valence-electron chi connectivity index (χ1n) is 33.7. The van der Waals surface area contributed by atoms with E-state index in [0.29, 0.717) is 22.3 Å². The summed E-state index contributed by atoms with van der Waals surface area (Å²) in [7, 11) is 0. The number of aliphatic hydroxyl groups is 10. The zero-order valence-corrected chi connectivity index (χ0v) is 64.6. The van der Waals surface area contributed by atoms with Crippen LogP contribution in [0.2, 0.25) is 0 Å². The molecular weight excluding hydrogens is 1640 g/mol. The van der Waals surface area contributed by atoms with E-state index in [1.165, 1.54) is 90.3 Å². The van der Waals surface area contributed by atoms with Gasteiger partial charge in [0.25, 0.3) is 16.7 Å². The minimum Gasteiger partial charge on any atom is -0.391 e. The fourth-order valence-electron chi connectivity index (χ4n) is 13.4. The lowest BCUT2D eigenvalue weighted by atomic mass is 9.97. The number of anilines is 5. The zero-order chi connectivity index (χ0) is 84.7. The first-order valence-corrected chi connectivity index (χ1v) is 36.0. The molecule has 15 heterocycles. The molecule has 41 nitrogen and oxygen atoms in total. The number of fused-ring (bicyclic) bond motifs is 5. The lowest BCUT2D eigenvalue weighted by molar-refractivity contribution is -0.0752. The monoisotopic (exact) mass is 1710 g/mol. The fraction of sp³-hybridized carbons (Fsp3) is 0.448. The van der Waals surface area contributed by atoms with Gasteiger partial charge in [-0.25, -0.2) is 29.3 Å². The van der Waals surface area contributed by atoms with E-state index in [1.807, 2.05) is 0 Å². The lowest BCUT2D eigenvalue weighted by Gasteiger charge is -2.25. The summed E-state index contributed by atoms with van der Waals surface area (Å²) in [5.41, 5.74) is 28.0. The molecule has 5 aliphatic rings. The van der Waals surface area contributed by atoms with Crippen molar-refractivity contribution in [2.45, 2.75) is 182 Å². The number of aromatic nitrogens is 18. The second-order valence-corrected chi connectivity index (χ2v) is 30.4. The zero-order valence-electron chi connectivity index (χ0n) is 60.0. The summed E-state index contributed by atoms with van der Waals surface area (Å²) in [6, 6.07) is 1.51. The summed E-state index contributed by atoms with van der Waals surface area (Å²) in [5.74, 6) is 10.4. The van der Waals surface area contributed by atoms with Crippen LogP contribution in [0.4, 0.5) is 34.1 Å². The van der Waals surface area contributed by atoms with Gasteiger partial charge >= 0.3 is 0 Å². The molecule has 0 aromatic carbocycles. The van der Waals surface area contributed by atoms with Gasteiger partial charge in [0.05, 0.1) is 61.1 Å². The SMILES string of the molecule is C#CC1(Cl)[C@@H](O)[C@@H]([C@H](C)O)O[C@H]1n1cc(F)c2c(=O)[nH]c(N)nc21.C#CC1(Cl)[C@@H](O)[C@@H]([C@H](C)O)O[C@H]1n1ccc2c(=O)[nH]c(N)nc21.C#CC1(Cl)[C@@H](O)[C@@H]([C@H](C)O)O[C@H]1n1cnc2c(=O)[nH]c(N)nc21.C#CC1(Cl)[C@@H](O)[C@@H]([C@H](C)O)O[C@H]1n1cnc2c(=S)nc(N)[nH]c21.C#CC1(Cl)[C@@H](O)[C@@H]([C@H](C)O)O[C@H]1n1cnc2cnc(N)nc21. The van der Waals surface area contributed by atoms with Crippen molar-refractivity contribution in [3.8, 4) is 61.7 Å². The molecule has 0 amide bonds. The topological polar surface area (TPSA) is 634 Å². The van der Waals surface area contributed by atoms with Crippen molar-refractivity contribution in [3.63, 3.8) is 0 Å². The predicted molar refractivity (Wildman–Crippen MR) is 414 cm³/mol. The molecule has 15 rings (SSSR count). The number of imidazole rings is 3. The third kappa shape index (κ3) is 14.9. The highest BCUT2D eigenvalue weighted by Crippen LogP contribution is 2.50. The Morgan fingerprint density at radius 3 is 1.27 bits per heavy atom. The number of hydrogen-bond donors (Lipinski definition) is 19. The summed E-state index contributed by atoms with van der Waals surface area (Å²) in [6.07, 6.45) is 13.4. The number of terminal acetylenes is 5. The number of ether oxygens (including phenoxy) is 5. The highest BCUT2D eigenvalue weighted by molar-refractivity contribution is 7.71. The van der Waals surface area contributed by atoms with Crippen molar-refractivity contribution < 1.29 is 79.1 Å². The van der Waals surface area contributed by atoms with Gasteiger partial charge in [-0.3, -0.25) is 47.6 Å². The van der Waals surface area contributed by atoms with Gasteiger partial charge in [0.15, 0.2) is 100 Å². The molecule has 0 saturated carbocycles. The van der Waals surface area contributed by atoms with Gasteiger partial charge in [0.1, 0.15) is 83.1 Å². The van der Waals surface area contributed by atoms with E-state index in [-0.39, 0.29) is 67.6 Å². The van der Waals surface area contributed by atoms with E-state index in [1.54, 1.807) is 0 Å². The molecule has 610 valence electrons. The average molecular weight is 1710 g/mol. The maximum absolute atomic E-state index is 14.2. The number of aliphatic hydroxyl groups excluding tert-OH is 10. The normalized spacial score (nSPS) is 32.1. The highest BCUT2D eigenvalue weighted by atomic mass is 35.5. The minimum atomic E-state index is -1.81. The molecule has 0 radical (unpaired) electrons. The molecule has 5 unspecified atom stereocenters. The summed E-state index contributed by atoms with van der Waals surface area (Å²) < 4.78 is 49.4.